The molecule has 4 aromatic rings. The summed E-state index contributed by atoms with van der Waals surface area (Å²) in [4.78, 5) is 12.6. The van der Waals surface area contributed by atoms with E-state index in [1.165, 1.54) is 16.8 Å². The number of aromatic amines is 1. The SMILES string of the molecule is Cn1nc(-c2ccc(F)cc2)cc1C(=O)Nc1ccc2cn[nH]c2c1. The molecule has 0 aliphatic rings. The summed E-state index contributed by atoms with van der Waals surface area (Å²) < 4.78 is 14.6. The molecule has 0 aliphatic heterocycles. The fourth-order valence-electron chi connectivity index (χ4n) is 2.65. The van der Waals surface area contributed by atoms with Crippen molar-refractivity contribution in [3.63, 3.8) is 0 Å². The van der Waals surface area contributed by atoms with E-state index in [9.17, 15) is 9.18 Å². The molecule has 2 heterocycles. The number of fused-ring (bicyclic) bond motifs is 1. The molecular formula is C18H14FN5O. The predicted molar refractivity (Wildman–Crippen MR) is 92.6 cm³/mol. The Labute approximate surface area is 142 Å². The molecule has 2 aromatic heterocycles. The lowest BCUT2D eigenvalue weighted by molar-refractivity contribution is 0.101. The number of aromatic nitrogens is 4. The second-order valence-corrected chi connectivity index (χ2v) is 5.67. The number of halogens is 1. The first-order valence-corrected chi connectivity index (χ1v) is 7.64. The van der Waals surface area contributed by atoms with E-state index in [0.29, 0.717) is 17.1 Å². The predicted octanol–water partition coefficient (Wildman–Crippen LogP) is 3.35. The number of nitrogens with zero attached hydrogens (tertiary/aromatic N) is 3. The van der Waals surface area contributed by atoms with E-state index >= 15 is 0 Å². The molecule has 2 N–H and O–H groups in total. The molecule has 0 spiro atoms. The summed E-state index contributed by atoms with van der Waals surface area (Å²) in [5, 5.41) is 15.0. The maximum atomic E-state index is 13.0. The summed E-state index contributed by atoms with van der Waals surface area (Å²) in [5.74, 6) is -0.589. The van der Waals surface area contributed by atoms with Gasteiger partial charge < -0.3 is 5.32 Å². The molecule has 0 radical (unpaired) electrons. The Morgan fingerprint density at radius 1 is 1.16 bits per heavy atom. The van der Waals surface area contributed by atoms with Crippen molar-refractivity contribution in [1.82, 2.24) is 20.0 Å². The zero-order chi connectivity index (χ0) is 17.4. The molecule has 4 rings (SSSR count). The fourth-order valence-corrected chi connectivity index (χ4v) is 2.65. The van der Waals surface area contributed by atoms with Gasteiger partial charge in [-0.15, -0.1) is 0 Å². The van der Waals surface area contributed by atoms with E-state index in [1.807, 2.05) is 18.2 Å². The number of H-pyrrole nitrogens is 1. The fraction of sp³-hybridized carbons (Fsp3) is 0.0556. The highest BCUT2D eigenvalue weighted by Gasteiger charge is 2.15. The van der Waals surface area contributed by atoms with E-state index < -0.39 is 0 Å². The van der Waals surface area contributed by atoms with Crippen LogP contribution in [0.2, 0.25) is 0 Å². The standard InChI is InChI=1S/C18H14FN5O/c1-24-17(9-16(23-24)11-2-5-13(19)6-3-11)18(25)21-14-7-4-12-10-20-22-15(12)8-14/h2-10H,1H3,(H,20,22)(H,21,25). The van der Waals surface area contributed by atoms with Gasteiger partial charge in [-0.2, -0.15) is 10.2 Å². The van der Waals surface area contributed by atoms with Gasteiger partial charge >= 0.3 is 0 Å². The molecule has 0 fully saturated rings. The van der Waals surface area contributed by atoms with Gasteiger partial charge in [0, 0.05) is 23.7 Å². The Kier molecular flexibility index (Phi) is 3.53. The van der Waals surface area contributed by atoms with Gasteiger partial charge in [0.1, 0.15) is 11.5 Å². The van der Waals surface area contributed by atoms with Crippen molar-refractivity contribution in [3.8, 4) is 11.3 Å². The van der Waals surface area contributed by atoms with Crippen molar-refractivity contribution in [2.75, 3.05) is 5.32 Å². The lowest BCUT2D eigenvalue weighted by Gasteiger charge is -2.05. The molecule has 0 aliphatic carbocycles. The van der Waals surface area contributed by atoms with E-state index in [-0.39, 0.29) is 11.7 Å². The summed E-state index contributed by atoms with van der Waals surface area (Å²) in [6.45, 7) is 0. The van der Waals surface area contributed by atoms with Crippen LogP contribution in [0.3, 0.4) is 0 Å². The summed E-state index contributed by atoms with van der Waals surface area (Å²) in [5.41, 5.74) is 3.26. The number of hydrogen-bond acceptors (Lipinski definition) is 3. The largest absolute Gasteiger partial charge is 0.321 e. The zero-order valence-electron chi connectivity index (χ0n) is 13.3. The summed E-state index contributed by atoms with van der Waals surface area (Å²) in [6.07, 6.45) is 1.72. The Bertz CT molecular complexity index is 1060. The molecule has 1 amide bonds. The third-order valence-corrected chi connectivity index (χ3v) is 3.95. The lowest BCUT2D eigenvalue weighted by atomic mass is 10.1. The Balaban J connectivity index is 1.60. The van der Waals surface area contributed by atoms with Gasteiger partial charge in [0.05, 0.1) is 17.4 Å². The minimum absolute atomic E-state index is 0.276. The van der Waals surface area contributed by atoms with Crippen molar-refractivity contribution in [1.29, 1.82) is 0 Å². The first-order valence-electron chi connectivity index (χ1n) is 7.64. The summed E-state index contributed by atoms with van der Waals surface area (Å²) >= 11 is 0. The number of carbonyl (C=O) groups is 1. The van der Waals surface area contributed by atoms with Gasteiger partial charge in [0.15, 0.2) is 0 Å². The van der Waals surface area contributed by atoms with E-state index in [2.05, 4.69) is 20.6 Å². The summed E-state index contributed by atoms with van der Waals surface area (Å²) in [7, 11) is 1.69. The Hall–Kier alpha value is -3.48. The number of carbonyl (C=O) groups excluding carboxylic acids is 1. The van der Waals surface area contributed by atoms with Crippen molar-refractivity contribution in [3.05, 3.63) is 66.2 Å². The maximum Gasteiger partial charge on any atom is 0.273 e. The van der Waals surface area contributed by atoms with Gasteiger partial charge in [-0.1, -0.05) is 0 Å². The monoisotopic (exact) mass is 335 g/mol. The molecule has 2 aromatic carbocycles. The van der Waals surface area contributed by atoms with Crippen LogP contribution in [0.1, 0.15) is 10.5 Å². The second kappa shape index (κ2) is 5.86. The molecular weight excluding hydrogens is 321 g/mol. The van der Waals surface area contributed by atoms with Crippen LogP contribution < -0.4 is 5.32 Å². The smallest absolute Gasteiger partial charge is 0.273 e. The second-order valence-electron chi connectivity index (χ2n) is 5.67. The van der Waals surface area contributed by atoms with Gasteiger partial charge in [-0.05, 0) is 48.5 Å². The summed E-state index contributed by atoms with van der Waals surface area (Å²) in [6, 6.07) is 13.2. The quantitative estimate of drug-likeness (QED) is 0.603. The third kappa shape index (κ3) is 2.87. The molecule has 124 valence electrons. The van der Waals surface area contributed by atoms with Crippen LogP contribution >= 0.6 is 0 Å². The first kappa shape index (κ1) is 15.1. The van der Waals surface area contributed by atoms with Crippen LogP contribution in [0, 0.1) is 5.82 Å². The zero-order valence-corrected chi connectivity index (χ0v) is 13.3. The Morgan fingerprint density at radius 3 is 2.76 bits per heavy atom. The first-order chi connectivity index (χ1) is 12.1. The van der Waals surface area contributed by atoms with E-state index in [1.54, 1.807) is 31.4 Å². The molecule has 25 heavy (non-hydrogen) atoms. The topological polar surface area (TPSA) is 75.6 Å². The van der Waals surface area contributed by atoms with Gasteiger partial charge in [0.2, 0.25) is 0 Å². The maximum absolute atomic E-state index is 13.0. The van der Waals surface area contributed by atoms with Crippen LogP contribution in [0.5, 0.6) is 0 Å². The van der Waals surface area contributed by atoms with Crippen LogP contribution in [-0.2, 0) is 7.05 Å². The number of anilines is 1. The number of benzene rings is 2. The van der Waals surface area contributed by atoms with Crippen LogP contribution in [0.15, 0.2) is 54.7 Å². The minimum atomic E-state index is -0.313. The lowest BCUT2D eigenvalue weighted by Crippen LogP contribution is -2.15. The molecule has 0 atom stereocenters. The molecule has 0 saturated carbocycles. The third-order valence-electron chi connectivity index (χ3n) is 3.95. The van der Waals surface area contributed by atoms with E-state index in [0.717, 1.165) is 16.5 Å². The number of amides is 1. The number of nitrogens with one attached hydrogen (secondary N) is 2. The van der Waals surface area contributed by atoms with Crippen LogP contribution in [0.4, 0.5) is 10.1 Å². The van der Waals surface area contributed by atoms with Crippen molar-refractivity contribution in [2.45, 2.75) is 0 Å². The van der Waals surface area contributed by atoms with Gasteiger partial charge in [-0.25, -0.2) is 4.39 Å². The Morgan fingerprint density at radius 2 is 1.96 bits per heavy atom. The number of rotatable bonds is 3. The number of aryl methyl sites for hydroxylation is 1. The molecule has 0 bridgehead atoms. The van der Waals surface area contributed by atoms with E-state index in [4.69, 9.17) is 0 Å². The average molecular weight is 335 g/mol. The highest BCUT2D eigenvalue weighted by atomic mass is 19.1. The van der Waals surface area contributed by atoms with Crippen molar-refractivity contribution < 1.29 is 9.18 Å². The highest BCUT2D eigenvalue weighted by Crippen LogP contribution is 2.21. The normalized spacial score (nSPS) is 11.0. The average Bonchev–Trinajstić information content (AvgIpc) is 3.21. The van der Waals surface area contributed by atoms with Gasteiger partial charge in [0.25, 0.3) is 5.91 Å². The minimum Gasteiger partial charge on any atom is -0.321 e. The van der Waals surface area contributed by atoms with Crippen molar-refractivity contribution in [2.24, 2.45) is 7.05 Å². The van der Waals surface area contributed by atoms with Crippen LogP contribution in [0.25, 0.3) is 22.2 Å². The highest BCUT2D eigenvalue weighted by molar-refractivity contribution is 6.04. The van der Waals surface area contributed by atoms with Crippen LogP contribution in [-0.4, -0.2) is 25.9 Å². The molecule has 7 heteroatoms. The van der Waals surface area contributed by atoms with Crippen molar-refractivity contribution >= 4 is 22.5 Å². The molecule has 6 nitrogen and oxygen atoms in total. The molecule has 0 unspecified atom stereocenters. The molecule has 0 saturated heterocycles. The number of hydrogen-bond donors (Lipinski definition) is 2. The van der Waals surface area contributed by atoms with Gasteiger partial charge in [-0.3, -0.25) is 14.6 Å².